The van der Waals surface area contributed by atoms with Crippen LogP contribution in [0.4, 0.5) is 0 Å². The van der Waals surface area contributed by atoms with Crippen LogP contribution >= 0.6 is 0 Å². The Hall–Kier alpha value is -4.64. The minimum absolute atomic E-state index is 0.0699. The molecule has 0 saturated heterocycles. The molecule has 0 saturated carbocycles. The SMILES string of the molecule is Oc1cccc2ccc(Oc3cccc(C4=N[C@H]5c6ccccc6-c6ccccc6C[C@H]5O4)c3)nc12. The number of rotatable bonds is 3. The van der Waals surface area contributed by atoms with Crippen molar-refractivity contribution in [3.63, 3.8) is 0 Å². The average Bonchev–Trinajstić information content (AvgIpc) is 3.28. The number of benzene rings is 4. The van der Waals surface area contributed by atoms with E-state index in [4.69, 9.17) is 14.5 Å². The highest BCUT2D eigenvalue weighted by Gasteiger charge is 2.37. The monoisotopic (exact) mass is 470 g/mol. The van der Waals surface area contributed by atoms with Gasteiger partial charge in [0.05, 0.1) is 0 Å². The fourth-order valence-corrected chi connectivity index (χ4v) is 5.18. The maximum Gasteiger partial charge on any atom is 0.219 e. The fraction of sp³-hybridized carbons (Fsp3) is 0.0968. The summed E-state index contributed by atoms with van der Waals surface area (Å²) in [4.78, 5) is 9.53. The van der Waals surface area contributed by atoms with Crippen LogP contribution in [0.25, 0.3) is 22.0 Å². The second-order valence-electron chi connectivity index (χ2n) is 9.11. The summed E-state index contributed by atoms with van der Waals surface area (Å²) in [6.45, 7) is 0. The molecule has 0 fully saturated rings. The lowest BCUT2D eigenvalue weighted by Gasteiger charge is -2.16. The molecule has 0 radical (unpaired) electrons. The van der Waals surface area contributed by atoms with Crippen molar-refractivity contribution in [3.05, 3.63) is 120 Å². The van der Waals surface area contributed by atoms with Crippen LogP contribution in [-0.2, 0) is 11.2 Å². The Morgan fingerprint density at radius 1 is 0.806 bits per heavy atom. The van der Waals surface area contributed by atoms with Gasteiger partial charge in [-0.15, -0.1) is 0 Å². The summed E-state index contributed by atoms with van der Waals surface area (Å²) in [5, 5.41) is 11.0. The van der Waals surface area contributed by atoms with E-state index >= 15 is 0 Å². The quantitative estimate of drug-likeness (QED) is 0.313. The number of aliphatic imine (C=N–C) groups is 1. The van der Waals surface area contributed by atoms with Gasteiger partial charge in [-0.1, -0.05) is 66.7 Å². The van der Waals surface area contributed by atoms with Crippen molar-refractivity contribution in [1.82, 2.24) is 4.98 Å². The van der Waals surface area contributed by atoms with Crippen molar-refractivity contribution in [2.24, 2.45) is 4.99 Å². The molecular weight excluding hydrogens is 448 g/mol. The summed E-state index contributed by atoms with van der Waals surface area (Å²) in [6, 6.07) is 33.6. The topological polar surface area (TPSA) is 63.9 Å². The molecular formula is C31H22N2O3. The normalized spacial score (nSPS) is 17.8. The lowest BCUT2D eigenvalue weighted by atomic mass is 9.95. The van der Waals surface area contributed by atoms with E-state index in [-0.39, 0.29) is 17.9 Å². The van der Waals surface area contributed by atoms with Crippen molar-refractivity contribution in [2.45, 2.75) is 18.6 Å². The number of fused-ring (bicyclic) bond motifs is 6. The van der Waals surface area contributed by atoms with Crippen molar-refractivity contribution in [1.29, 1.82) is 0 Å². The molecule has 2 atom stereocenters. The number of para-hydroxylation sites is 1. The smallest absolute Gasteiger partial charge is 0.219 e. The largest absolute Gasteiger partial charge is 0.506 e. The minimum Gasteiger partial charge on any atom is -0.506 e. The first kappa shape index (κ1) is 20.7. The number of pyridine rings is 1. The molecule has 5 heteroatoms. The summed E-state index contributed by atoms with van der Waals surface area (Å²) in [7, 11) is 0. The van der Waals surface area contributed by atoms with E-state index < -0.39 is 0 Å². The van der Waals surface area contributed by atoms with Gasteiger partial charge in [0, 0.05) is 23.4 Å². The molecule has 0 amide bonds. The molecule has 0 spiro atoms. The third-order valence-corrected chi connectivity index (χ3v) is 6.86. The maximum absolute atomic E-state index is 10.2. The molecule has 1 N–H and O–H groups in total. The van der Waals surface area contributed by atoms with Crippen LogP contribution in [0.5, 0.6) is 17.4 Å². The molecule has 36 heavy (non-hydrogen) atoms. The lowest BCUT2D eigenvalue weighted by molar-refractivity contribution is 0.194. The Balaban J connectivity index is 1.22. The second kappa shape index (κ2) is 8.24. The van der Waals surface area contributed by atoms with Gasteiger partial charge in [0.1, 0.15) is 29.2 Å². The first-order valence-corrected chi connectivity index (χ1v) is 12.0. The second-order valence-corrected chi connectivity index (χ2v) is 9.11. The van der Waals surface area contributed by atoms with Crippen LogP contribution in [0.1, 0.15) is 22.7 Å². The van der Waals surface area contributed by atoms with Gasteiger partial charge in [-0.3, -0.25) is 0 Å². The van der Waals surface area contributed by atoms with E-state index in [1.165, 1.54) is 22.3 Å². The molecule has 2 aliphatic rings. The Kier molecular flexibility index (Phi) is 4.74. The summed E-state index contributed by atoms with van der Waals surface area (Å²) in [5.74, 6) is 1.78. The van der Waals surface area contributed by atoms with Gasteiger partial charge in [-0.05, 0) is 52.6 Å². The molecule has 2 heterocycles. The van der Waals surface area contributed by atoms with Gasteiger partial charge in [-0.25, -0.2) is 9.98 Å². The van der Waals surface area contributed by atoms with E-state index in [9.17, 15) is 5.11 Å². The minimum atomic E-state index is -0.0710. The molecule has 5 nitrogen and oxygen atoms in total. The third-order valence-electron chi connectivity index (χ3n) is 6.86. The average molecular weight is 471 g/mol. The zero-order valence-corrected chi connectivity index (χ0v) is 19.3. The standard InChI is InChI=1S/C31H22N2O3/c34-26-14-6-8-19-15-16-28(32-29(19)26)35-22-10-5-9-21(17-22)31-33-30-25-13-4-3-12-24(25)23-11-2-1-7-20(23)18-27(30)36-31/h1-17,27,30,34H,18H2/t27-,30+/m1/s1. The zero-order chi connectivity index (χ0) is 24.1. The molecule has 0 unspecified atom stereocenters. The third kappa shape index (κ3) is 3.48. The van der Waals surface area contributed by atoms with Gasteiger partial charge in [-0.2, -0.15) is 0 Å². The molecule has 1 aliphatic heterocycles. The van der Waals surface area contributed by atoms with Gasteiger partial charge in [0.2, 0.25) is 11.8 Å². The van der Waals surface area contributed by atoms with Crippen molar-refractivity contribution in [3.8, 4) is 28.5 Å². The van der Waals surface area contributed by atoms with Crippen LogP contribution < -0.4 is 4.74 Å². The van der Waals surface area contributed by atoms with Gasteiger partial charge < -0.3 is 14.6 Å². The number of aromatic hydroxyl groups is 1. The summed E-state index contributed by atoms with van der Waals surface area (Å²) < 4.78 is 12.5. The molecule has 174 valence electrons. The Morgan fingerprint density at radius 3 is 2.58 bits per heavy atom. The summed E-state index contributed by atoms with van der Waals surface area (Å²) >= 11 is 0. The van der Waals surface area contributed by atoms with E-state index in [1.807, 2.05) is 36.4 Å². The maximum atomic E-state index is 10.2. The highest BCUT2D eigenvalue weighted by Crippen LogP contribution is 2.43. The Labute approximate surface area is 208 Å². The number of phenolic OH excluding ortho intramolecular Hbond substituents is 1. The van der Waals surface area contributed by atoms with Crippen LogP contribution in [-0.4, -0.2) is 22.1 Å². The van der Waals surface area contributed by atoms with E-state index in [0.29, 0.717) is 23.0 Å². The number of ether oxygens (including phenoxy) is 2. The highest BCUT2D eigenvalue weighted by atomic mass is 16.5. The zero-order valence-electron chi connectivity index (χ0n) is 19.3. The van der Waals surface area contributed by atoms with Crippen molar-refractivity contribution in [2.75, 3.05) is 0 Å². The molecule has 5 aromatic rings. The van der Waals surface area contributed by atoms with E-state index in [2.05, 4.69) is 53.5 Å². The number of nitrogens with zero attached hydrogens (tertiary/aromatic N) is 2. The van der Waals surface area contributed by atoms with Gasteiger partial charge >= 0.3 is 0 Å². The van der Waals surface area contributed by atoms with Crippen LogP contribution in [0, 0.1) is 0 Å². The molecule has 1 aromatic heterocycles. The lowest BCUT2D eigenvalue weighted by Crippen LogP contribution is -2.18. The molecule has 4 aromatic carbocycles. The first-order chi connectivity index (χ1) is 17.7. The Bertz CT molecular complexity index is 1660. The molecule has 7 rings (SSSR count). The van der Waals surface area contributed by atoms with E-state index in [0.717, 1.165) is 17.4 Å². The number of hydrogen-bond donors (Lipinski definition) is 1. The van der Waals surface area contributed by atoms with Crippen LogP contribution in [0.3, 0.4) is 0 Å². The van der Waals surface area contributed by atoms with Crippen molar-refractivity contribution < 1.29 is 14.6 Å². The van der Waals surface area contributed by atoms with Crippen LogP contribution in [0.15, 0.2) is 108 Å². The van der Waals surface area contributed by atoms with E-state index in [1.54, 1.807) is 18.2 Å². The number of phenols is 1. The predicted octanol–water partition coefficient (Wildman–Crippen LogP) is 6.84. The Morgan fingerprint density at radius 2 is 1.64 bits per heavy atom. The molecule has 0 bridgehead atoms. The van der Waals surface area contributed by atoms with Gasteiger partial charge in [0.15, 0.2) is 0 Å². The highest BCUT2D eigenvalue weighted by molar-refractivity contribution is 5.96. The van der Waals surface area contributed by atoms with Crippen molar-refractivity contribution >= 4 is 16.8 Å². The fourth-order valence-electron chi connectivity index (χ4n) is 5.18. The van der Waals surface area contributed by atoms with Crippen LogP contribution in [0.2, 0.25) is 0 Å². The number of hydrogen-bond acceptors (Lipinski definition) is 5. The summed E-state index contributed by atoms with van der Waals surface area (Å²) in [6.07, 6.45) is 0.725. The number of aromatic nitrogens is 1. The first-order valence-electron chi connectivity index (χ1n) is 12.0. The summed E-state index contributed by atoms with van der Waals surface area (Å²) in [5.41, 5.74) is 6.31. The van der Waals surface area contributed by atoms with Gasteiger partial charge in [0.25, 0.3) is 0 Å². The molecule has 1 aliphatic carbocycles. The predicted molar refractivity (Wildman–Crippen MR) is 140 cm³/mol.